The van der Waals surface area contributed by atoms with Crippen molar-refractivity contribution >= 4 is 50.9 Å². The van der Waals surface area contributed by atoms with E-state index in [1.165, 1.54) is 4.90 Å². The van der Waals surface area contributed by atoms with Crippen LogP contribution in [0.15, 0.2) is 41.0 Å². The Labute approximate surface area is 141 Å². The van der Waals surface area contributed by atoms with Gasteiger partial charge in [-0.15, -0.1) is 0 Å². The van der Waals surface area contributed by atoms with Gasteiger partial charge in [0.25, 0.3) is 5.91 Å². The number of rotatable bonds is 4. The summed E-state index contributed by atoms with van der Waals surface area (Å²) in [6.45, 7) is 0. The lowest BCUT2D eigenvalue weighted by molar-refractivity contribution is 0.0987. The molecule has 6 heteroatoms. The first kappa shape index (κ1) is 16.3. The van der Waals surface area contributed by atoms with Gasteiger partial charge < -0.3 is 4.90 Å². The quantitative estimate of drug-likeness (QED) is 0.769. The Balaban J connectivity index is 2.35. The number of pyridine rings is 1. The van der Waals surface area contributed by atoms with Crippen LogP contribution in [-0.2, 0) is 5.75 Å². The van der Waals surface area contributed by atoms with Crippen molar-refractivity contribution in [2.24, 2.45) is 0 Å². The molecule has 0 aliphatic rings. The summed E-state index contributed by atoms with van der Waals surface area (Å²) in [5.41, 5.74) is 2.05. The largest absolute Gasteiger partial charge is 0.309 e. The zero-order valence-electron chi connectivity index (χ0n) is 11.6. The van der Waals surface area contributed by atoms with Gasteiger partial charge in [0.15, 0.2) is 0 Å². The summed E-state index contributed by atoms with van der Waals surface area (Å²) in [7, 11) is 1.70. The van der Waals surface area contributed by atoms with Crippen LogP contribution >= 0.6 is 39.3 Å². The first-order valence-electron chi connectivity index (χ1n) is 6.20. The van der Waals surface area contributed by atoms with Crippen molar-refractivity contribution in [2.75, 3.05) is 18.2 Å². The number of halogens is 2. The lowest BCUT2D eigenvalue weighted by atomic mass is 10.2. The Kier molecular flexibility index (Phi) is 5.67. The number of benzene rings is 1. The van der Waals surface area contributed by atoms with Crippen LogP contribution in [0.4, 0.5) is 5.69 Å². The lowest BCUT2D eigenvalue weighted by Crippen LogP contribution is -2.28. The molecule has 1 aromatic carbocycles. The maximum atomic E-state index is 12.7. The van der Waals surface area contributed by atoms with Crippen molar-refractivity contribution in [1.82, 2.24) is 4.98 Å². The Morgan fingerprint density at radius 3 is 2.86 bits per heavy atom. The predicted molar refractivity (Wildman–Crippen MR) is 93.3 cm³/mol. The van der Waals surface area contributed by atoms with Gasteiger partial charge in [-0.3, -0.25) is 9.78 Å². The highest BCUT2D eigenvalue weighted by Crippen LogP contribution is 2.29. The monoisotopic (exact) mass is 384 g/mol. The summed E-state index contributed by atoms with van der Waals surface area (Å²) in [6, 6.07) is 9.19. The highest BCUT2D eigenvalue weighted by atomic mass is 79.9. The molecule has 0 spiro atoms. The fourth-order valence-corrected chi connectivity index (χ4v) is 3.27. The molecule has 1 amide bonds. The van der Waals surface area contributed by atoms with Gasteiger partial charge in [0.05, 0.1) is 10.7 Å². The van der Waals surface area contributed by atoms with Gasteiger partial charge in [-0.1, -0.05) is 33.6 Å². The van der Waals surface area contributed by atoms with Crippen LogP contribution in [-0.4, -0.2) is 24.2 Å². The molecular weight excluding hydrogens is 372 g/mol. The van der Waals surface area contributed by atoms with E-state index in [2.05, 4.69) is 20.9 Å². The third kappa shape index (κ3) is 3.78. The molecule has 0 N–H and O–H groups in total. The molecule has 1 aromatic heterocycles. The van der Waals surface area contributed by atoms with E-state index in [0.29, 0.717) is 16.4 Å². The van der Waals surface area contributed by atoms with Gasteiger partial charge in [0.2, 0.25) is 0 Å². The smallest absolute Gasteiger partial charge is 0.276 e. The van der Waals surface area contributed by atoms with Crippen LogP contribution in [0, 0.1) is 0 Å². The second kappa shape index (κ2) is 7.29. The Morgan fingerprint density at radius 2 is 2.19 bits per heavy atom. The van der Waals surface area contributed by atoms with Crippen molar-refractivity contribution in [3.63, 3.8) is 0 Å². The number of carbonyl (C=O) groups is 1. The molecule has 0 bridgehead atoms. The topological polar surface area (TPSA) is 33.2 Å². The van der Waals surface area contributed by atoms with Crippen molar-refractivity contribution < 1.29 is 4.79 Å². The number of thioether (sulfide) groups is 1. The predicted octanol–water partition coefficient (Wildman–Crippen LogP) is 4.64. The van der Waals surface area contributed by atoms with Crippen LogP contribution in [0.5, 0.6) is 0 Å². The summed E-state index contributed by atoms with van der Waals surface area (Å²) in [4.78, 5) is 18.4. The van der Waals surface area contributed by atoms with E-state index < -0.39 is 0 Å². The average Bonchev–Trinajstić information content (AvgIpc) is 2.47. The van der Waals surface area contributed by atoms with Crippen LogP contribution in [0.25, 0.3) is 0 Å². The maximum Gasteiger partial charge on any atom is 0.276 e. The number of nitrogens with zero attached hydrogens (tertiary/aromatic N) is 2. The van der Waals surface area contributed by atoms with Gasteiger partial charge in [0, 0.05) is 23.5 Å². The van der Waals surface area contributed by atoms with E-state index in [0.717, 1.165) is 15.8 Å². The summed E-state index contributed by atoms with van der Waals surface area (Å²) >= 11 is 11.2. The van der Waals surface area contributed by atoms with Gasteiger partial charge in [0.1, 0.15) is 5.69 Å². The number of hydrogen-bond acceptors (Lipinski definition) is 3. The lowest BCUT2D eigenvalue weighted by Gasteiger charge is -2.19. The number of anilines is 1. The third-order valence-electron chi connectivity index (χ3n) is 2.97. The van der Waals surface area contributed by atoms with E-state index in [-0.39, 0.29) is 5.91 Å². The third-order valence-corrected chi connectivity index (χ3v) is 4.37. The molecule has 0 aliphatic carbocycles. The Morgan fingerprint density at radius 1 is 1.43 bits per heavy atom. The van der Waals surface area contributed by atoms with Crippen molar-refractivity contribution in [3.05, 3.63) is 57.3 Å². The second-order valence-corrected chi connectivity index (χ2v) is 6.59. The summed E-state index contributed by atoms with van der Waals surface area (Å²) in [6.07, 6.45) is 3.63. The summed E-state index contributed by atoms with van der Waals surface area (Å²) in [5, 5.41) is 0.516. The molecule has 2 aromatic rings. The van der Waals surface area contributed by atoms with E-state index in [4.69, 9.17) is 11.6 Å². The molecule has 0 atom stereocenters. The minimum absolute atomic E-state index is 0.163. The minimum atomic E-state index is -0.163. The van der Waals surface area contributed by atoms with E-state index in [9.17, 15) is 4.79 Å². The Hall–Kier alpha value is -1.04. The fourth-order valence-electron chi connectivity index (χ4n) is 1.92. The second-order valence-electron chi connectivity index (χ2n) is 4.40. The maximum absolute atomic E-state index is 12.7. The van der Waals surface area contributed by atoms with Gasteiger partial charge >= 0.3 is 0 Å². The number of carbonyl (C=O) groups excluding carboxylic acids is 1. The highest BCUT2D eigenvalue weighted by molar-refractivity contribution is 9.10. The minimum Gasteiger partial charge on any atom is -0.309 e. The first-order chi connectivity index (χ1) is 10.0. The van der Waals surface area contributed by atoms with Gasteiger partial charge in [-0.2, -0.15) is 11.8 Å². The molecule has 0 saturated heterocycles. The van der Waals surface area contributed by atoms with Crippen molar-refractivity contribution in [2.45, 2.75) is 5.75 Å². The molecule has 0 aliphatic heterocycles. The van der Waals surface area contributed by atoms with E-state index >= 15 is 0 Å². The van der Waals surface area contributed by atoms with Gasteiger partial charge in [-0.25, -0.2) is 0 Å². The van der Waals surface area contributed by atoms with E-state index in [1.54, 1.807) is 31.1 Å². The number of aromatic nitrogens is 1. The van der Waals surface area contributed by atoms with Crippen LogP contribution in [0.1, 0.15) is 16.1 Å². The SMILES string of the molecule is CSCc1cccnc1C(=O)N(C)c1ccc(Br)cc1Cl. The molecule has 0 unspecified atom stereocenters. The standard InChI is InChI=1S/C15H14BrClN2OS/c1-19(13-6-5-11(16)8-12(13)17)15(20)14-10(9-21-2)4-3-7-18-14/h3-8H,9H2,1-2H3. The first-order valence-corrected chi connectivity index (χ1v) is 8.77. The molecular formula is C15H14BrClN2OS. The molecule has 110 valence electrons. The normalized spacial score (nSPS) is 10.5. The van der Waals surface area contributed by atoms with Crippen LogP contribution in [0.3, 0.4) is 0 Å². The van der Waals surface area contributed by atoms with Crippen LogP contribution < -0.4 is 4.90 Å². The molecule has 1 heterocycles. The molecule has 2 rings (SSSR count). The molecule has 21 heavy (non-hydrogen) atoms. The number of hydrogen-bond donors (Lipinski definition) is 0. The zero-order chi connectivity index (χ0) is 15.4. The van der Waals surface area contributed by atoms with Gasteiger partial charge in [-0.05, 0) is 36.1 Å². The fraction of sp³-hybridized carbons (Fsp3) is 0.200. The summed E-state index contributed by atoms with van der Waals surface area (Å²) in [5.74, 6) is 0.584. The molecule has 0 radical (unpaired) electrons. The van der Waals surface area contributed by atoms with Crippen molar-refractivity contribution in [3.8, 4) is 0 Å². The molecule has 3 nitrogen and oxygen atoms in total. The highest BCUT2D eigenvalue weighted by Gasteiger charge is 2.20. The summed E-state index contributed by atoms with van der Waals surface area (Å²) < 4.78 is 0.873. The number of amides is 1. The van der Waals surface area contributed by atoms with E-state index in [1.807, 2.05) is 30.5 Å². The zero-order valence-corrected chi connectivity index (χ0v) is 14.8. The molecule has 0 saturated carbocycles. The molecule has 0 fully saturated rings. The van der Waals surface area contributed by atoms with Crippen LogP contribution in [0.2, 0.25) is 5.02 Å². The van der Waals surface area contributed by atoms with Crippen molar-refractivity contribution in [1.29, 1.82) is 0 Å². The Bertz CT molecular complexity index is 666. The average molecular weight is 386 g/mol.